The van der Waals surface area contributed by atoms with Crippen molar-refractivity contribution in [2.75, 3.05) is 5.32 Å². The first kappa shape index (κ1) is 16.5. The lowest BCUT2D eigenvalue weighted by Crippen LogP contribution is -2.14. The number of nitrogens with one attached hydrogen (secondary N) is 1. The molecule has 0 atom stereocenters. The van der Waals surface area contributed by atoms with Crippen molar-refractivity contribution in [2.24, 2.45) is 0 Å². The minimum absolute atomic E-state index is 0.0951. The number of carbonyl (C=O) groups excluding carboxylic acids is 1. The van der Waals surface area contributed by atoms with Crippen molar-refractivity contribution < 1.29 is 4.79 Å². The standard InChI is InChI=1S/C21H18BrNO/c1-2-15-9-3-8-14-20(15)23-21(24)18-12-5-4-10-16(18)17-11-6-7-13-19(17)22/h3-14H,2H2,1H3,(H,23,24). The molecular weight excluding hydrogens is 362 g/mol. The second kappa shape index (κ2) is 7.45. The van der Waals surface area contributed by atoms with Crippen LogP contribution in [-0.2, 0) is 6.42 Å². The van der Waals surface area contributed by atoms with Gasteiger partial charge < -0.3 is 5.32 Å². The highest BCUT2D eigenvalue weighted by Gasteiger charge is 2.15. The Bertz CT molecular complexity index is 873. The second-order valence-electron chi connectivity index (χ2n) is 5.49. The highest BCUT2D eigenvalue weighted by atomic mass is 79.9. The Morgan fingerprint density at radius 2 is 1.50 bits per heavy atom. The molecule has 0 aromatic heterocycles. The number of carbonyl (C=O) groups is 1. The smallest absolute Gasteiger partial charge is 0.256 e. The Balaban J connectivity index is 1.98. The van der Waals surface area contributed by atoms with E-state index >= 15 is 0 Å². The third kappa shape index (κ3) is 3.41. The SMILES string of the molecule is CCc1ccccc1NC(=O)c1ccccc1-c1ccccc1Br. The van der Waals surface area contributed by atoms with E-state index in [0.29, 0.717) is 5.56 Å². The van der Waals surface area contributed by atoms with Crippen LogP contribution in [0.4, 0.5) is 5.69 Å². The summed E-state index contributed by atoms with van der Waals surface area (Å²) in [6.07, 6.45) is 0.877. The summed E-state index contributed by atoms with van der Waals surface area (Å²) < 4.78 is 0.971. The van der Waals surface area contributed by atoms with Gasteiger partial charge in [0.2, 0.25) is 0 Å². The number of aryl methyl sites for hydroxylation is 1. The van der Waals surface area contributed by atoms with Crippen LogP contribution in [0, 0.1) is 0 Å². The van der Waals surface area contributed by atoms with Crippen molar-refractivity contribution in [3.05, 3.63) is 88.4 Å². The zero-order valence-electron chi connectivity index (χ0n) is 13.4. The van der Waals surface area contributed by atoms with Crippen LogP contribution in [0.3, 0.4) is 0 Å². The number of hydrogen-bond donors (Lipinski definition) is 1. The monoisotopic (exact) mass is 379 g/mol. The van der Waals surface area contributed by atoms with E-state index in [1.807, 2.05) is 72.8 Å². The van der Waals surface area contributed by atoms with Gasteiger partial charge in [0.25, 0.3) is 5.91 Å². The average Bonchev–Trinajstić information content (AvgIpc) is 2.62. The van der Waals surface area contributed by atoms with Crippen LogP contribution in [0.2, 0.25) is 0 Å². The quantitative estimate of drug-likeness (QED) is 0.597. The van der Waals surface area contributed by atoms with Crippen molar-refractivity contribution in [1.29, 1.82) is 0 Å². The molecule has 0 fully saturated rings. The van der Waals surface area contributed by atoms with Crippen LogP contribution in [0.15, 0.2) is 77.3 Å². The second-order valence-corrected chi connectivity index (χ2v) is 6.34. The van der Waals surface area contributed by atoms with Crippen molar-refractivity contribution >= 4 is 27.5 Å². The molecule has 1 amide bonds. The molecule has 0 saturated heterocycles. The van der Waals surface area contributed by atoms with Gasteiger partial charge in [0.15, 0.2) is 0 Å². The Morgan fingerprint density at radius 3 is 2.25 bits per heavy atom. The number of anilines is 1. The molecule has 0 radical (unpaired) electrons. The molecule has 3 rings (SSSR count). The summed E-state index contributed by atoms with van der Waals surface area (Å²) in [4.78, 5) is 12.9. The summed E-state index contributed by atoms with van der Waals surface area (Å²) in [5, 5.41) is 3.05. The summed E-state index contributed by atoms with van der Waals surface area (Å²) in [6, 6.07) is 23.5. The molecule has 3 heteroatoms. The molecule has 24 heavy (non-hydrogen) atoms. The summed E-state index contributed by atoms with van der Waals surface area (Å²) in [5.41, 5.74) is 4.58. The van der Waals surface area contributed by atoms with E-state index in [2.05, 4.69) is 28.2 Å². The fraction of sp³-hybridized carbons (Fsp3) is 0.0952. The molecule has 0 aliphatic rings. The Kier molecular flexibility index (Phi) is 5.11. The van der Waals surface area contributed by atoms with Crippen molar-refractivity contribution in [2.45, 2.75) is 13.3 Å². The number of halogens is 1. The molecule has 0 bridgehead atoms. The van der Waals surface area contributed by atoms with Crippen molar-refractivity contribution in [3.63, 3.8) is 0 Å². The molecular formula is C21H18BrNO. The molecule has 0 unspecified atom stereocenters. The Morgan fingerprint density at radius 1 is 0.875 bits per heavy atom. The minimum atomic E-state index is -0.0951. The molecule has 120 valence electrons. The average molecular weight is 380 g/mol. The van der Waals surface area contributed by atoms with Gasteiger partial charge in [-0.05, 0) is 41.3 Å². The first-order chi connectivity index (χ1) is 11.7. The largest absolute Gasteiger partial charge is 0.322 e. The summed E-state index contributed by atoms with van der Waals surface area (Å²) >= 11 is 3.57. The van der Waals surface area contributed by atoms with Gasteiger partial charge in [0, 0.05) is 15.7 Å². The minimum Gasteiger partial charge on any atom is -0.322 e. The van der Waals surface area contributed by atoms with Crippen LogP contribution >= 0.6 is 15.9 Å². The molecule has 0 saturated carbocycles. The molecule has 0 heterocycles. The van der Waals surface area contributed by atoms with Crippen LogP contribution in [0.25, 0.3) is 11.1 Å². The van der Waals surface area contributed by atoms with E-state index in [0.717, 1.165) is 33.3 Å². The number of para-hydroxylation sites is 1. The first-order valence-corrected chi connectivity index (χ1v) is 8.73. The zero-order valence-corrected chi connectivity index (χ0v) is 15.0. The van der Waals surface area contributed by atoms with E-state index in [1.54, 1.807) is 0 Å². The maximum atomic E-state index is 12.9. The highest BCUT2D eigenvalue weighted by molar-refractivity contribution is 9.10. The Hall–Kier alpha value is -2.39. The van der Waals surface area contributed by atoms with Crippen molar-refractivity contribution in [3.8, 4) is 11.1 Å². The fourth-order valence-corrected chi connectivity index (χ4v) is 3.23. The van der Waals surface area contributed by atoms with Gasteiger partial charge in [-0.2, -0.15) is 0 Å². The van der Waals surface area contributed by atoms with E-state index < -0.39 is 0 Å². The van der Waals surface area contributed by atoms with E-state index in [4.69, 9.17) is 0 Å². The highest BCUT2D eigenvalue weighted by Crippen LogP contribution is 2.31. The summed E-state index contributed by atoms with van der Waals surface area (Å²) in [7, 11) is 0. The number of benzene rings is 3. The predicted molar refractivity (Wildman–Crippen MR) is 103 cm³/mol. The number of rotatable bonds is 4. The number of hydrogen-bond acceptors (Lipinski definition) is 1. The lowest BCUT2D eigenvalue weighted by molar-refractivity contribution is 0.102. The first-order valence-electron chi connectivity index (χ1n) is 7.94. The van der Waals surface area contributed by atoms with E-state index in [9.17, 15) is 4.79 Å². The zero-order chi connectivity index (χ0) is 16.9. The predicted octanol–water partition coefficient (Wildman–Crippen LogP) is 5.93. The van der Waals surface area contributed by atoms with Crippen LogP contribution in [-0.4, -0.2) is 5.91 Å². The van der Waals surface area contributed by atoms with Gasteiger partial charge >= 0.3 is 0 Å². The topological polar surface area (TPSA) is 29.1 Å². The maximum Gasteiger partial charge on any atom is 0.256 e. The third-order valence-electron chi connectivity index (χ3n) is 3.98. The van der Waals surface area contributed by atoms with Crippen molar-refractivity contribution in [1.82, 2.24) is 0 Å². The van der Waals surface area contributed by atoms with Gasteiger partial charge in [-0.25, -0.2) is 0 Å². The van der Waals surface area contributed by atoms with Gasteiger partial charge in [0.05, 0.1) is 0 Å². The maximum absolute atomic E-state index is 12.9. The Labute approximate surface area is 150 Å². The van der Waals surface area contributed by atoms with Gasteiger partial charge in [-0.15, -0.1) is 0 Å². The van der Waals surface area contributed by atoms with E-state index in [-0.39, 0.29) is 5.91 Å². The van der Waals surface area contributed by atoms with Crippen LogP contribution in [0.1, 0.15) is 22.8 Å². The third-order valence-corrected chi connectivity index (χ3v) is 4.67. The van der Waals surface area contributed by atoms with E-state index in [1.165, 1.54) is 0 Å². The van der Waals surface area contributed by atoms with Gasteiger partial charge in [0.1, 0.15) is 0 Å². The molecule has 1 N–H and O–H groups in total. The molecule has 0 spiro atoms. The van der Waals surface area contributed by atoms with Crippen LogP contribution in [0.5, 0.6) is 0 Å². The van der Waals surface area contributed by atoms with Crippen LogP contribution < -0.4 is 5.32 Å². The van der Waals surface area contributed by atoms with Gasteiger partial charge in [-0.3, -0.25) is 4.79 Å². The lowest BCUT2D eigenvalue weighted by atomic mass is 9.99. The normalized spacial score (nSPS) is 10.4. The molecule has 3 aromatic rings. The summed E-state index contributed by atoms with van der Waals surface area (Å²) in [6.45, 7) is 2.08. The molecule has 3 aromatic carbocycles. The lowest BCUT2D eigenvalue weighted by Gasteiger charge is -2.13. The summed E-state index contributed by atoms with van der Waals surface area (Å²) in [5.74, 6) is -0.0951. The number of amides is 1. The molecule has 2 nitrogen and oxygen atoms in total. The molecule has 0 aliphatic carbocycles. The molecule has 0 aliphatic heterocycles. The fourth-order valence-electron chi connectivity index (χ4n) is 2.74. The van der Waals surface area contributed by atoms with Gasteiger partial charge in [-0.1, -0.05) is 77.5 Å².